The van der Waals surface area contributed by atoms with Gasteiger partial charge >= 0.3 is 0 Å². The summed E-state index contributed by atoms with van der Waals surface area (Å²) in [7, 11) is 2.81. The number of allylic oxidation sites excluding steroid dienone is 1. The van der Waals surface area contributed by atoms with Crippen LogP contribution in [-0.4, -0.2) is 23.4 Å². The quantitative estimate of drug-likeness (QED) is 0.363. The van der Waals surface area contributed by atoms with Gasteiger partial charge in [-0.2, -0.15) is 0 Å². The van der Waals surface area contributed by atoms with E-state index in [1.165, 1.54) is 43.8 Å². The van der Waals surface area contributed by atoms with E-state index in [2.05, 4.69) is 22.2 Å². The summed E-state index contributed by atoms with van der Waals surface area (Å²) in [6, 6.07) is 0.351. The maximum absolute atomic E-state index is 9.49. The van der Waals surface area contributed by atoms with Crippen LogP contribution in [0.3, 0.4) is 0 Å². The molecule has 3 heteroatoms. The first-order valence-electron chi connectivity index (χ1n) is 8.47. The Bertz CT molecular complexity index is 280. The molecule has 0 radical (unpaired) electrons. The Morgan fingerprint density at radius 3 is 2.80 bits per heavy atom. The fourth-order valence-electron chi connectivity index (χ4n) is 3.08. The van der Waals surface area contributed by atoms with Gasteiger partial charge in [0.1, 0.15) is 0 Å². The summed E-state index contributed by atoms with van der Waals surface area (Å²) in [5.74, 6) is 0.809. The molecule has 0 heterocycles. The second-order valence-electron chi connectivity index (χ2n) is 6.38. The molecule has 3 N–H and O–H groups in total. The van der Waals surface area contributed by atoms with Crippen molar-refractivity contribution in [2.24, 2.45) is 11.7 Å². The summed E-state index contributed by atoms with van der Waals surface area (Å²) in [6.07, 6.45) is 14.9. The molecule has 0 saturated heterocycles. The average molecular weight is 299 g/mol. The fraction of sp³-hybridized carbons (Fsp3) is 0.882. The van der Waals surface area contributed by atoms with E-state index in [1.54, 1.807) is 0 Å². The van der Waals surface area contributed by atoms with Crippen molar-refractivity contribution in [3.8, 4) is 0 Å². The van der Waals surface area contributed by atoms with Gasteiger partial charge in [-0.05, 0) is 57.0 Å². The van der Waals surface area contributed by atoms with Crippen molar-refractivity contribution < 1.29 is 5.11 Å². The van der Waals surface area contributed by atoms with Gasteiger partial charge in [-0.3, -0.25) is 0 Å². The first-order valence-corrected chi connectivity index (χ1v) is 9.29. The largest absolute Gasteiger partial charge is 0.393 e. The molecule has 0 amide bonds. The Balaban J connectivity index is 2.19. The van der Waals surface area contributed by atoms with Gasteiger partial charge in [0.15, 0.2) is 0 Å². The van der Waals surface area contributed by atoms with Crippen molar-refractivity contribution in [3.63, 3.8) is 0 Å². The van der Waals surface area contributed by atoms with E-state index in [-0.39, 0.29) is 6.10 Å². The Labute approximate surface area is 127 Å². The van der Waals surface area contributed by atoms with Crippen molar-refractivity contribution >= 4 is 9.24 Å². The lowest BCUT2D eigenvalue weighted by Gasteiger charge is -2.22. The highest BCUT2D eigenvalue weighted by atomic mass is 31.0. The summed E-state index contributed by atoms with van der Waals surface area (Å²) in [4.78, 5) is 0. The minimum absolute atomic E-state index is 0.103. The normalized spacial score (nSPS) is 22.4. The standard InChI is InChI=1S/C17H34NOP/c1-2-14(5-3-4-12-20)13-16(18)9-6-15-7-10-17(19)11-8-15/h7,14,16-17,19H,2-6,8-13,18,20H2,1H3. The number of hydrogen-bond acceptors (Lipinski definition) is 2. The zero-order valence-electron chi connectivity index (χ0n) is 13.2. The molecule has 118 valence electrons. The first-order chi connectivity index (χ1) is 9.65. The van der Waals surface area contributed by atoms with Crippen LogP contribution in [0.15, 0.2) is 11.6 Å². The fourth-order valence-corrected chi connectivity index (χ4v) is 3.37. The lowest BCUT2D eigenvalue weighted by Crippen LogP contribution is -2.24. The van der Waals surface area contributed by atoms with Crippen molar-refractivity contribution in [2.75, 3.05) is 6.16 Å². The number of nitrogens with two attached hydrogens (primary N) is 1. The van der Waals surface area contributed by atoms with E-state index in [0.717, 1.165) is 38.0 Å². The van der Waals surface area contributed by atoms with Crippen LogP contribution in [0, 0.1) is 5.92 Å². The molecular weight excluding hydrogens is 265 g/mol. The summed E-state index contributed by atoms with van der Waals surface area (Å²) in [6.45, 7) is 2.29. The summed E-state index contributed by atoms with van der Waals surface area (Å²) >= 11 is 0. The number of hydrogen-bond donors (Lipinski definition) is 2. The zero-order chi connectivity index (χ0) is 14.8. The number of unbranched alkanes of at least 4 members (excludes halogenated alkanes) is 1. The molecule has 0 aromatic carbocycles. The molecular formula is C17H34NOP. The monoisotopic (exact) mass is 299 g/mol. The van der Waals surface area contributed by atoms with Gasteiger partial charge in [0.25, 0.3) is 0 Å². The Hall–Kier alpha value is 0.0900. The van der Waals surface area contributed by atoms with Crippen molar-refractivity contribution in [1.29, 1.82) is 0 Å². The average Bonchev–Trinajstić information content (AvgIpc) is 2.46. The zero-order valence-corrected chi connectivity index (χ0v) is 14.3. The van der Waals surface area contributed by atoms with E-state index in [4.69, 9.17) is 5.73 Å². The predicted octanol–water partition coefficient (Wildman–Crippen LogP) is 4.03. The highest BCUT2D eigenvalue weighted by Gasteiger charge is 2.15. The molecule has 0 fully saturated rings. The van der Waals surface area contributed by atoms with Gasteiger partial charge in [-0.15, -0.1) is 9.24 Å². The second-order valence-corrected chi connectivity index (χ2v) is 6.96. The van der Waals surface area contributed by atoms with Crippen molar-refractivity contribution in [2.45, 2.75) is 83.3 Å². The number of aliphatic hydroxyl groups is 1. The molecule has 20 heavy (non-hydrogen) atoms. The smallest absolute Gasteiger partial charge is 0.0577 e. The van der Waals surface area contributed by atoms with E-state index < -0.39 is 0 Å². The maximum atomic E-state index is 9.49. The van der Waals surface area contributed by atoms with E-state index in [1.807, 2.05) is 0 Å². The molecule has 2 nitrogen and oxygen atoms in total. The Morgan fingerprint density at radius 2 is 2.20 bits per heavy atom. The van der Waals surface area contributed by atoms with E-state index in [0.29, 0.717) is 6.04 Å². The second kappa shape index (κ2) is 10.8. The minimum Gasteiger partial charge on any atom is -0.393 e. The third-order valence-electron chi connectivity index (χ3n) is 4.59. The summed E-state index contributed by atoms with van der Waals surface area (Å²) < 4.78 is 0. The molecule has 4 atom stereocenters. The highest BCUT2D eigenvalue weighted by Crippen LogP contribution is 2.24. The van der Waals surface area contributed by atoms with Crippen LogP contribution >= 0.6 is 9.24 Å². The van der Waals surface area contributed by atoms with Gasteiger partial charge in [-0.1, -0.05) is 37.8 Å². The summed E-state index contributed by atoms with van der Waals surface area (Å²) in [5, 5.41) is 9.49. The van der Waals surface area contributed by atoms with Crippen LogP contribution in [0.5, 0.6) is 0 Å². The lowest BCUT2D eigenvalue weighted by atomic mass is 9.88. The molecule has 0 aliphatic heterocycles. The molecule has 0 aromatic rings. The van der Waals surface area contributed by atoms with Gasteiger partial charge in [-0.25, -0.2) is 0 Å². The SMILES string of the molecule is CCC(CCCCP)CC(N)CCC1=CCC(O)CC1. The van der Waals surface area contributed by atoms with E-state index >= 15 is 0 Å². The molecule has 0 aromatic heterocycles. The molecule has 4 unspecified atom stereocenters. The van der Waals surface area contributed by atoms with Crippen molar-refractivity contribution in [1.82, 2.24) is 0 Å². The van der Waals surface area contributed by atoms with Crippen LogP contribution in [-0.2, 0) is 0 Å². The molecule has 0 bridgehead atoms. The maximum Gasteiger partial charge on any atom is 0.0577 e. The molecule has 1 aliphatic rings. The molecule has 1 aliphatic carbocycles. The third-order valence-corrected chi connectivity index (χ3v) is 5.00. The molecule has 0 spiro atoms. The highest BCUT2D eigenvalue weighted by molar-refractivity contribution is 7.16. The van der Waals surface area contributed by atoms with Crippen LogP contribution < -0.4 is 5.73 Å². The van der Waals surface area contributed by atoms with Crippen LogP contribution in [0.1, 0.15) is 71.1 Å². The lowest BCUT2D eigenvalue weighted by molar-refractivity contribution is 0.161. The first kappa shape index (κ1) is 18.1. The summed E-state index contributed by atoms with van der Waals surface area (Å²) in [5.41, 5.74) is 7.83. The Morgan fingerprint density at radius 1 is 1.40 bits per heavy atom. The van der Waals surface area contributed by atoms with E-state index in [9.17, 15) is 5.11 Å². The van der Waals surface area contributed by atoms with Gasteiger partial charge in [0, 0.05) is 6.04 Å². The number of aliphatic hydroxyl groups excluding tert-OH is 1. The van der Waals surface area contributed by atoms with Crippen LogP contribution in [0.4, 0.5) is 0 Å². The van der Waals surface area contributed by atoms with Gasteiger partial charge in [0.05, 0.1) is 6.10 Å². The number of rotatable bonds is 10. The minimum atomic E-state index is -0.103. The van der Waals surface area contributed by atoms with Crippen LogP contribution in [0.2, 0.25) is 0 Å². The van der Waals surface area contributed by atoms with Gasteiger partial charge < -0.3 is 10.8 Å². The van der Waals surface area contributed by atoms with Crippen molar-refractivity contribution in [3.05, 3.63) is 11.6 Å². The van der Waals surface area contributed by atoms with Crippen LogP contribution in [0.25, 0.3) is 0 Å². The predicted molar refractivity (Wildman–Crippen MR) is 92.0 cm³/mol. The third kappa shape index (κ3) is 7.76. The molecule has 1 rings (SSSR count). The topological polar surface area (TPSA) is 46.2 Å². The molecule has 0 saturated carbocycles. The van der Waals surface area contributed by atoms with Gasteiger partial charge in [0.2, 0.25) is 0 Å². The Kier molecular flexibility index (Phi) is 9.76.